The van der Waals surface area contributed by atoms with Crippen LogP contribution in [0.2, 0.25) is 4.34 Å². The van der Waals surface area contributed by atoms with Gasteiger partial charge in [-0.05, 0) is 37.8 Å². The van der Waals surface area contributed by atoms with Gasteiger partial charge in [-0.1, -0.05) is 18.5 Å². The molecule has 0 radical (unpaired) electrons. The van der Waals surface area contributed by atoms with Crippen LogP contribution in [-0.2, 0) is 6.42 Å². The Bertz CT molecular complexity index is 255. The Kier molecular flexibility index (Phi) is 4.57. The van der Waals surface area contributed by atoms with Gasteiger partial charge in [-0.25, -0.2) is 0 Å². The van der Waals surface area contributed by atoms with Gasteiger partial charge in [0.1, 0.15) is 0 Å². The molecule has 0 N–H and O–H groups in total. The van der Waals surface area contributed by atoms with Crippen LogP contribution in [0.4, 0.5) is 0 Å². The maximum absolute atomic E-state index is 5.92. The summed E-state index contributed by atoms with van der Waals surface area (Å²) in [5.74, 6) is 0.641. The molecular weight excluding hydrogens is 223 g/mol. The van der Waals surface area contributed by atoms with E-state index in [0.717, 1.165) is 17.2 Å². The van der Waals surface area contributed by atoms with Crippen LogP contribution in [0.3, 0.4) is 0 Å². The Hall–Kier alpha value is 0.280. The number of rotatable bonds is 4. The third-order valence-corrected chi connectivity index (χ3v) is 3.34. The minimum absolute atomic E-state index is 0.269. The molecule has 0 aliphatic carbocycles. The molecule has 1 aromatic heterocycles. The smallest absolute Gasteiger partial charge is 0.0931 e. The molecule has 13 heavy (non-hydrogen) atoms. The second-order valence-corrected chi connectivity index (χ2v) is 6.08. The van der Waals surface area contributed by atoms with Crippen molar-refractivity contribution in [1.82, 2.24) is 0 Å². The highest BCUT2D eigenvalue weighted by atomic mass is 35.5. The summed E-state index contributed by atoms with van der Waals surface area (Å²) in [6.45, 7) is 4.27. The van der Waals surface area contributed by atoms with Crippen molar-refractivity contribution in [3.63, 3.8) is 0 Å². The summed E-state index contributed by atoms with van der Waals surface area (Å²) in [6, 6.07) is 4.06. The normalized spacial score (nSPS) is 15.7. The maximum Gasteiger partial charge on any atom is 0.0931 e. The van der Waals surface area contributed by atoms with Crippen LogP contribution >= 0.6 is 34.5 Å². The standard InChI is InChI=1S/C10H14Cl2S/c1-7(5-8(2)11)6-9-3-4-10(12)13-9/h3-4,7-8H,5-6H2,1-2H3. The lowest BCUT2D eigenvalue weighted by molar-refractivity contribution is 0.530. The number of alkyl halides is 1. The zero-order valence-electron chi connectivity index (χ0n) is 7.89. The highest BCUT2D eigenvalue weighted by Crippen LogP contribution is 2.25. The van der Waals surface area contributed by atoms with E-state index in [2.05, 4.69) is 13.0 Å². The molecule has 1 rings (SSSR count). The molecule has 3 heteroatoms. The van der Waals surface area contributed by atoms with Gasteiger partial charge in [-0.2, -0.15) is 0 Å². The lowest BCUT2D eigenvalue weighted by Crippen LogP contribution is -2.04. The Morgan fingerprint density at radius 2 is 2.08 bits per heavy atom. The summed E-state index contributed by atoms with van der Waals surface area (Å²) in [4.78, 5) is 1.36. The molecule has 0 nitrogen and oxygen atoms in total. The van der Waals surface area contributed by atoms with Gasteiger partial charge in [-0.3, -0.25) is 0 Å². The van der Waals surface area contributed by atoms with Crippen molar-refractivity contribution in [2.24, 2.45) is 5.92 Å². The van der Waals surface area contributed by atoms with Crippen molar-refractivity contribution in [3.05, 3.63) is 21.3 Å². The van der Waals surface area contributed by atoms with E-state index >= 15 is 0 Å². The number of thiophene rings is 1. The Balaban J connectivity index is 2.40. The Morgan fingerprint density at radius 3 is 2.54 bits per heavy atom. The molecule has 1 heterocycles. The second kappa shape index (κ2) is 5.23. The summed E-state index contributed by atoms with van der Waals surface area (Å²) in [7, 11) is 0. The molecule has 0 aliphatic heterocycles. The largest absolute Gasteiger partial charge is 0.128 e. The molecule has 0 fully saturated rings. The van der Waals surface area contributed by atoms with E-state index in [9.17, 15) is 0 Å². The van der Waals surface area contributed by atoms with Crippen molar-refractivity contribution in [2.45, 2.75) is 32.1 Å². The monoisotopic (exact) mass is 236 g/mol. The van der Waals surface area contributed by atoms with Crippen molar-refractivity contribution in [2.75, 3.05) is 0 Å². The fourth-order valence-corrected chi connectivity index (χ4v) is 3.00. The van der Waals surface area contributed by atoms with Gasteiger partial charge >= 0.3 is 0 Å². The average Bonchev–Trinajstić information content (AvgIpc) is 2.33. The first-order chi connectivity index (χ1) is 6.08. The molecule has 0 saturated heterocycles. The zero-order chi connectivity index (χ0) is 9.84. The first kappa shape index (κ1) is 11.4. The van der Waals surface area contributed by atoms with Gasteiger partial charge < -0.3 is 0 Å². The van der Waals surface area contributed by atoms with E-state index < -0.39 is 0 Å². The first-order valence-electron chi connectivity index (χ1n) is 4.46. The number of halogens is 2. The molecule has 0 spiro atoms. The fraction of sp³-hybridized carbons (Fsp3) is 0.600. The first-order valence-corrected chi connectivity index (χ1v) is 6.09. The zero-order valence-corrected chi connectivity index (χ0v) is 10.2. The second-order valence-electron chi connectivity index (χ2n) is 3.53. The lowest BCUT2D eigenvalue weighted by atomic mass is 10.0. The van der Waals surface area contributed by atoms with Crippen molar-refractivity contribution in [3.8, 4) is 0 Å². The van der Waals surface area contributed by atoms with Crippen LogP contribution in [0, 0.1) is 5.92 Å². The molecule has 2 unspecified atom stereocenters. The van der Waals surface area contributed by atoms with Gasteiger partial charge in [-0.15, -0.1) is 22.9 Å². The van der Waals surface area contributed by atoms with Crippen molar-refractivity contribution >= 4 is 34.5 Å². The summed E-state index contributed by atoms with van der Waals surface area (Å²) >= 11 is 13.4. The van der Waals surface area contributed by atoms with E-state index in [-0.39, 0.29) is 5.38 Å². The summed E-state index contributed by atoms with van der Waals surface area (Å²) in [5.41, 5.74) is 0. The van der Waals surface area contributed by atoms with E-state index in [1.165, 1.54) is 4.88 Å². The molecule has 0 aromatic carbocycles. The van der Waals surface area contributed by atoms with Crippen LogP contribution in [0.15, 0.2) is 12.1 Å². The molecule has 1 aromatic rings. The topological polar surface area (TPSA) is 0 Å². The third kappa shape index (κ3) is 4.35. The minimum Gasteiger partial charge on any atom is -0.128 e. The van der Waals surface area contributed by atoms with Crippen LogP contribution < -0.4 is 0 Å². The quantitative estimate of drug-likeness (QED) is 0.671. The summed E-state index contributed by atoms with van der Waals surface area (Å²) in [5, 5.41) is 0.269. The Morgan fingerprint density at radius 1 is 1.38 bits per heavy atom. The lowest BCUT2D eigenvalue weighted by Gasteiger charge is -2.10. The molecular formula is C10H14Cl2S. The molecule has 0 saturated carbocycles. The number of hydrogen-bond donors (Lipinski definition) is 0. The van der Waals surface area contributed by atoms with E-state index in [4.69, 9.17) is 23.2 Å². The van der Waals surface area contributed by atoms with Crippen LogP contribution in [0.5, 0.6) is 0 Å². The van der Waals surface area contributed by atoms with Crippen molar-refractivity contribution in [1.29, 1.82) is 0 Å². The van der Waals surface area contributed by atoms with Crippen molar-refractivity contribution < 1.29 is 0 Å². The maximum atomic E-state index is 5.92. The van der Waals surface area contributed by atoms with Crippen LogP contribution in [0.1, 0.15) is 25.1 Å². The van der Waals surface area contributed by atoms with E-state index in [0.29, 0.717) is 5.92 Å². The van der Waals surface area contributed by atoms with Gasteiger partial charge in [0.25, 0.3) is 0 Å². The van der Waals surface area contributed by atoms with Gasteiger partial charge in [0.15, 0.2) is 0 Å². The van der Waals surface area contributed by atoms with E-state index in [1.807, 2.05) is 13.0 Å². The summed E-state index contributed by atoms with van der Waals surface area (Å²) < 4.78 is 0.876. The molecule has 0 bridgehead atoms. The number of hydrogen-bond acceptors (Lipinski definition) is 1. The SMILES string of the molecule is CC(Cl)CC(C)Cc1ccc(Cl)s1. The molecule has 2 atom stereocenters. The Labute approximate surface area is 93.9 Å². The third-order valence-electron chi connectivity index (χ3n) is 1.91. The van der Waals surface area contributed by atoms with E-state index in [1.54, 1.807) is 11.3 Å². The highest BCUT2D eigenvalue weighted by Gasteiger charge is 2.08. The van der Waals surface area contributed by atoms with Crippen LogP contribution in [0.25, 0.3) is 0 Å². The van der Waals surface area contributed by atoms with Crippen LogP contribution in [-0.4, -0.2) is 5.38 Å². The minimum atomic E-state index is 0.269. The van der Waals surface area contributed by atoms with Gasteiger partial charge in [0.05, 0.1) is 4.34 Å². The van der Waals surface area contributed by atoms with Gasteiger partial charge in [0, 0.05) is 10.3 Å². The average molecular weight is 237 g/mol. The predicted octanol–water partition coefficient (Wildman–Crippen LogP) is 4.60. The highest BCUT2D eigenvalue weighted by molar-refractivity contribution is 7.16. The fourth-order valence-electron chi connectivity index (χ4n) is 1.44. The predicted molar refractivity (Wildman–Crippen MR) is 62.1 cm³/mol. The van der Waals surface area contributed by atoms with Gasteiger partial charge in [0.2, 0.25) is 0 Å². The molecule has 0 aliphatic rings. The molecule has 0 amide bonds. The molecule has 74 valence electrons. The summed E-state index contributed by atoms with van der Waals surface area (Å²) in [6.07, 6.45) is 2.16.